The number of carbonyl (C=O) groups is 2. The number of hydrogen-bond acceptors (Lipinski definition) is 6. The molecule has 3 amide bonds. The van der Waals surface area contributed by atoms with Crippen LogP contribution in [0.15, 0.2) is 12.1 Å². The van der Waals surface area contributed by atoms with Crippen LogP contribution in [0.5, 0.6) is 0 Å². The summed E-state index contributed by atoms with van der Waals surface area (Å²) < 4.78 is 0. The molecule has 0 radical (unpaired) electrons. The minimum absolute atomic E-state index is 0.00108. The molecule has 0 saturated carbocycles. The van der Waals surface area contributed by atoms with Gasteiger partial charge in [-0.1, -0.05) is 11.6 Å². The standard InChI is InChI=1S/C16H20ClN5O3/c17-10-7-12(19)11(9-18)13(8-10)21-3-1-16(2-4-21)14(24)22(5-6-23)15(25)20-16/h7-9,18,23H,1-6,19H2,(H,20,25). The molecule has 2 heterocycles. The van der Waals surface area contributed by atoms with Gasteiger partial charge in [0.25, 0.3) is 5.91 Å². The molecular weight excluding hydrogens is 346 g/mol. The van der Waals surface area contributed by atoms with Crippen molar-refractivity contribution in [3.05, 3.63) is 22.7 Å². The number of hydrogen-bond donors (Lipinski definition) is 4. The molecule has 2 saturated heterocycles. The van der Waals surface area contributed by atoms with Gasteiger partial charge < -0.3 is 26.5 Å². The van der Waals surface area contributed by atoms with Crippen molar-refractivity contribution in [2.45, 2.75) is 18.4 Å². The van der Waals surface area contributed by atoms with Gasteiger partial charge in [0.1, 0.15) is 5.54 Å². The van der Waals surface area contributed by atoms with E-state index in [9.17, 15) is 9.59 Å². The Balaban J connectivity index is 1.80. The van der Waals surface area contributed by atoms with Gasteiger partial charge in [0.2, 0.25) is 0 Å². The number of nitrogens with one attached hydrogen (secondary N) is 2. The van der Waals surface area contributed by atoms with E-state index >= 15 is 0 Å². The number of carbonyl (C=O) groups excluding carboxylic acids is 2. The fraction of sp³-hybridized carbons (Fsp3) is 0.438. The highest BCUT2D eigenvalue weighted by Crippen LogP contribution is 2.35. The van der Waals surface area contributed by atoms with Crippen molar-refractivity contribution in [2.75, 3.05) is 36.9 Å². The lowest BCUT2D eigenvalue weighted by molar-refractivity contribution is -0.132. The molecule has 0 aromatic heterocycles. The van der Waals surface area contributed by atoms with E-state index in [1.807, 2.05) is 4.90 Å². The first-order valence-electron chi connectivity index (χ1n) is 8.01. The first-order chi connectivity index (χ1) is 11.9. The van der Waals surface area contributed by atoms with Crippen LogP contribution in [0.25, 0.3) is 0 Å². The molecule has 0 atom stereocenters. The van der Waals surface area contributed by atoms with Crippen LogP contribution in [0.4, 0.5) is 16.2 Å². The zero-order valence-electron chi connectivity index (χ0n) is 13.6. The summed E-state index contributed by atoms with van der Waals surface area (Å²) in [6.07, 6.45) is 2.06. The highest BCUT2D eigenvalue weighted by atomic mass is 35.5. The molecule has 2 aliphatic rings. The SMILES string of the molecule is N=Cc1c(N)cc(Cl)cc1N1CCC2(CC1)NC(=O)N(CCO)C2=O. The Morgan fingerprint density at radius 2 is 2.04 bits per heavy atom. The summed E-state index contributed by atoms with van der Waals surface area (Å²) in [5, 5.41) is 19.9. The van der Waals surface area contributed by atoms with E-state index in [1.54, 1.807) is 12.1 Å². The van der Waals surface area contributed by atoms with Gasteiger partial charge in [-0.2, -0.15) is 0 Å². The lowest BCUT2D eigenvalue weighted by Gasteiger charge is -2.39. The van der Waals surface area contributed by atoms with Crippen LogP contribution in [0.3, 0.4) is 0 Å². The van der Waals surface area contributed by atoms with Crippen molar-refractivity contribution >= 4 is 41.1 Å². The van der Waals surface area contributed by atoms with Crippen LogP contribution < -0.4 is 16.0 Å². The molecule has 0 aliphatic carbocycles. The third kappa shape index (κ3) is 2.91. The van der Waals surface area contributed by atoms with Crippen LogP contribution in [0.1, 0.15) is 18.4 Å². The quantitative estimate of drug-likeness (QED) is 0.357. The average molecular weight is 366 g/mol. The van der Waals surface area contributed by atoms with Crippen LogP contribution in [-0.2, 0) is 4.79 Å². The Kier molecular flexibility index (Phi) is 4.57. The van der Waals surface area contributed by atoms with Gasteiger partial charge in [-0.3, -0.25) is 9.69 Å². The molecule has 5 N–H and O–H groups in total. The van der Waals surface area contributed by atoms with Crippen LogP contribution >= 0.6 is 11.6 Å². The topological polar surface area (TPSA) is 123 Å². The minimum Gasteiger partial charge on any atom is -0.398 e. The third-order valence-electron chi connectivity index (χ3n) is 4.83. The Labute approximate surface area is 150 Å². The van der Waals surface area contributed by atoms with Gasteiger partial charge in [0.15, 0.2) is 0 Å². The number of β-amino-alcohol motifs (C(OH)–C–C–N with tert-alkyl or cyclic N) is 1. The number of aliphatic hydroxyl groups is 1. The number of nitrogens with two attached hydrogens (primary N) is 1. The molecule has 1 aromatic carbocycles. The number of amides is 3. The predicted octanol–water partition coefficient (Wildman–Crippen LogP) is 0.803. The van der Waals surface area contributed by atoms with Gasteiger partial charge in [-0.05, 0) is 25.0 Å². The number of halogens is 1. The largest absolute Gasteiger partial charge is 0.398 e. The monoisotopic (exact) mass is 365 g/mol. The second-order valence-corrected chi connectivity index (χ2v) is 6.69. The van der Waals surface area contributed by atoms with Crippen molar-refractivity contribution in [1.82, 2.24) is 10.2 Å². The summed E-state index contributed by atoms with van der Waals surface area (Å²) >= 11 is 6.09. The van der Waals surface area contributed by atoms with E-state index in [0.717, 1.165) is 10.6 Å². The smallest absolute Gasteiger partial charge is 0.325 e. The number of urea groups is 1. The predicted molar refractivity (Wildman–Crippen MR) is 95.3 cm³/mol. The molecule has 134 valence electrons. The maximum atomic E-state index is 12.6. The van der Waals surface area contributed by atoms with Crippen LogP contribution in [-0.4, -0.2) is 59.9 Å². The highest BCUT2D eigenvalue weighted by Gasteiger charge is 2.52. The summed E-state index contributed by atoms with van der Waals surface area (Å²) in [5.41, 5.74) is 6.79. The molecular formula is C16H20ClN5O3. The van der Waals surface area contributed by atoms with Gasteiger partial charge >= 0.3 is 6.03 Å². The molecule has 9 heteroatoms. The number of aliphatic hydroxyl groups excluding tert-OH is 1. The molecule has 1 spiro atoms. The summed E-state index contributed by atoms with van der Waals surface area (Å²) in [6.45, 7) is 0.768. The van der Waals surface area contributed by atoms with E-state index in [-0.39, 0.29) is 19.1 Å². The van der Waals surface area contributed by atoms with Gasteiger partial charge in [0, 0.05) is 41.3 Å². The van der Waals surface area contributed by atoms with Crippen LogP contribution in [0.2, 0.25) is 5.02 Å². The molecule has 0 bridgehead atoms. The van der Waals surface area contributed by atoms with Crippen LogP contribution in [0, 0.1) is 5.41 Å². The minimum atomic E-state index is -0.919. The number of nitrogen functional groups attached to an aromatic ring is 1. The zero-order valence-corrected chi connectivity index (χ0v) is 14.3. The summed E-state index contributed by atoms with van der Waals surface area (Å²) in [6, 6.07) is 2.90. The number of imide groups is 1. The normalized spacial score (nSPS) is 19.4. The van der Waals surface area contributed by atoms with Crippen molar-refractivity contribution in [3.8, 4) is 0 Å². The second-order valence-electron chi connectivity index (χ2n) is 6.25. The first-order valence-corrected chi connectivity index (χ1v) is 8.39. The van der Waals surface area contributed by atoms with E-state index in [0.29, 0.717) is 42.2 Å². The van der Waals surface area contributed by atoms with Crippen molar-refractivity contribution in [3.63, 3.8) is 0 Å². The molecule has 0 unspecified atom stereocenters. The average Bonchev–Trinajstić information content (AvgIpc) is 2.80. The molecule has 2 fully saturated rings. The van der Waals surface area contributed by atoms with Gasteiger partial charge in [0.05, 0.1) is 13.2 Å². The van der Waals surface area contributed by atoms with Gasteiger partial charge in [-0.15, -0.1) is 0 Å². The van der Waals surface area contributed by atoms with Crippen molar-refractivity contribution in [1.29, 1.82) is 5.41 Å². The Morgan fingerprint density at radius 1 is 1.36 bits per heavy atom. The zero-order chi connectivity index (χ0) is 18.2. The maximum absolute atomic E-state index is 12.6. The Bertz CT molecular complexity index is 731. The Hall–Kier alpha value is -2.32. The number of piperidine rings is 1. The fourth-order valence-electron chi connectivity index (χ4n) is 3.49. The maximum Gasteiger partial charge on any atom is 0.325 e. The Morgan fingerprint density at radius 3 is 2.64 bits per heavy atom. The summed E-state index contributed by atoms with van der Waals surface area (Å²) in [5.74, 6) is -0.288. The van der Waals surface area contributed by atoms with E-state index < -0.39 is 11.6 Å². The molecule has 3 rings (SSSR count). The van der Waals surface area contributed by atoms with E-state index in [4.69, 9.17) is 27.9 Å². The molecule has 25 heavy (non-hydrogen) atoms. The number of anilines is 2. The second kappa shape index (κ2) is 6.53. The lowest BCUT2D eigenvalue weighted by Crippen LogP contribution is -2.55. The molecule has 1 aromatic rings. The van der Waals surface area contributed by atoms with Crippen molar-refractivity contribution in [2.24, 2.45) is 0 Å². The number of nitrogens with zero attached hydrogens (tertiary/aromatic N) is 2. The van der Waals surface area contributed by atoms with Crippen molar-refractivity contribution < 1.29 is 14.7 Å². The number of benzene rings is 1. The molecule has 2 aliphatic heterocycles. The van der Waals surface area contributed by atoms with E-state index in [2.05, 4.69) is 5.32 Å². The number of rotatable bonds is 4. The third-order valence-corrected chi connectivity index (χ3v) is 5.04. The fourth-order valence-corrected chi connectivity index (χ4v) is 3.71. The lowest BCUT2D eigenvalue weighted by atomic mass is 9.87. The van der Waals surface area contributed by atoms with Gasteiger partial charge in [-0.25, -0.2) is 4.79 Å². The first kappa shape index (κ1) is 17.5. The highest BCUT2D eigenvalue weighted by molar-refractivity contribution is 6.31. The summed E-state index contributed by atoms with van der Waals surface area (Å²) in [4.78, 5) is 27.7. The molecule has 8 nitrogen and oxygen atoms in total. The summed E-state index contributed by atoms with van der Waals surface area (Å²) in [7, 11) is 0. The van der Waals surface area contributed by atoms with E-state index in [1.165, 1.54) is 6.21 Å².